The number of rotatable bonds is 4. The molecule has 0 saturated heterocycles. The predicted molar refractivity (Wildman–Crippen MR) is 69.2 cm³/mol. The third-order valence-corrected chi connectivity index (χ3v) is 4.80. The van der Waals surface area contributed by atoms with Gasteiger partial charge in [0.05, 0.1) is 5.69 Å². The summed E-state index contributed by atoms with van der Waals surface area (Å²) in [4.78, 5) is 3.90. The molecule has 0 spiro atoms. The Morgan fingerprint density at radius 1 is 1.44 bits per heavy atom. The Labute approximate surface area is 107 Å². The summed E-state index contributed by atoms with van der Waals surface area (Å²) in [6, 6.07) is 3.20. The molecule has 0 aliphatic heterocycles. The van der Waals surface area contributed by atoms with Crippen LogP contribution in [-0.2, 0) is 10.0 Å². The number of nitrogens with one attached hydrogen (secondary N) is 2. The molecule has 1 saturated carbocycles. The third kappa shape index (κ3) is 2.63. The summed E-state index contributed by atoms with van der Waals surface area (Å²) in [5.41, 5.74) is 2.66. The van der Waals surface area contributed by atoms with Crippen LogP contribution in [0.1, 0.15) is 26.2 Å². The molecule has 1 aliphatic carbocycles. The van der Waals surface area contributed by atoms with Gasteiger partial charge in [0.2, 0.25) is 0 Å². The molecule has 18 heavy (non-hydrogen) atoms. The largest absolute Gasteiger partial charge is 0.321 e. The minimum Gasteiger partial charge on any atom is -0.321 e. The van der Waals surface area contributed by atoms with Crippen molar-refractivity contribution in [3.63, 3.8) is 0 Å². The van der Waals surface area contributed by atoms with E-state index in [-0.39, 0.29) is 11.1 Å². The van der Waals surface area contributed by atoms with Crippen LogP contribution >= 0.6 is 0 Å². The van der Waals surface area contributed by atoms with Gasteiger partial charge in [-0.1, -0.05) is 13.3 Å². The van der Waals surface area contributed by atoms with Gasteiger partial charge in [0.1, 0.15) is 0 Å². The van der Waals surface area contributed by atoms with Gasteiger partial charge in [-0.05, 0) is 30.9 Å². The van der Waals surface area contributed by atoms with E-state index in [1.165, 1.54) is 6.20 Å². The lowest BCUT2D eigenvalue weighted by molar-refractivity contribution is 0.475. The zero-order chi connectivity index (χ0) is 13.2. The summed E-state index contributed by atoms with van der Waals surface area (Å²) < 4.78 is 27.2. The number of hydrogen-bond donors (Lipinski definition) is 3. The second kappa shape index (κ2) is 5.21. The highest BCUT2D eigenvalue weighted by atomic mass is 32.2. The van der Waals surface area contributed by atoms with Crippen molar-refractivity contribution in [2.45, 2.75) is 37.3 Å². The molecule has 0 aromatic carbocycles. The SMILES string of the molecule is CC1CCCC1NS(=O)(=O)c1ncccc1NN. The van der Waals surface area contributed by atoms with Crippen molar-refractivity contribution in [1.82, 2.24) is 9.71 Å². The summed E-state index contributed by atoms with van der Waals surface area (Å²) in [6.07, 6.45) is 4.42. The number of nitrogen functional groups attached to an aromatic ring is 1. The Morgan fingerprint density at radius 2 is 2.22 bits per heavy atom. The smallest absolute Gasteiger partial charge is 0.260 e. The first-order valence-electron chi connectivity index (χ1n) is 5.98. The van der Waals surface area contributed by atoms with Crippen LogP contribution in [0.15, 0.2) is 23.4 Å². The number of nitrogens with zero attached hydrogens (tertiary/aromatic N) is 1. The quantitative estimate of drug-likeness (QED) is 0.556. The van der Waals surface area contributed by atoms with E-state index < -0.39 is 10.0 Å². The van der Waals surface area contributed by atoms with E-state index in [4.69, 9.17) is 5.84 Å². The molecule has 1 aromatic rings. The Kier molecular flexibility index (Phi) is 3.84. The summed E-state index contributed by atoms with van der Waals surface area (Å²) in [6.45, 7) is 2.06. The lowest BCUT2D eigenvalue weighted by Gasteiger charge is -2.17. The van der Waals surface area contributed by atoms with E-state index >= 15 is 0 Å². The molecule has 4 N–H and O–H groups in total. The fourth-order valence-corrected chi connectivity index (χ4v) is 3.77. The van der Waals surface area contributed by atoms with Crippen LogP contribution in [-0.4, -0.2) is 19.4 Å². The van der Waals surface area contributed by atoms with Gasteiger partial charge in [0, 0.05) is 12.2 Å². The molecule has 7 heteroatoms. The molecule has 0 radical (unpaired) electrons. The second-order valence-corrected chi connectivity index (χ2v) is 6.27. The molecule has 0 amide bonds. The molecule has 2 rings (SSSR count). The first-order chi connectivity index (χ1) is 8.54. The predicted octanol–water partition coefficient (Wildman–Crippen LogP) is 0.834. The number of aromatic nitrogens is 1. The van der Waals surface area contributed by atoms with E-state index in [1.807, 2.05) is 0 Å². The van der Waals surface area contributed by atoms with E-state index in [0.29, 0.717) is 11.6 Å². The van der Waals surface area contributed by atoms with Crippen LogP contribution in [0.25, 0.3) is 0 Å². The van der Waals surface area contributed by atoms with E-state index in [1.54, 1.807) is 12.1 Å². The lowest BCUT2D eigenvalue weighted by atomic mass is 10.1. The molecule has 2 atom stereocenters. The Bertz CT molecular complexity index is 518. The summed E-state index contributed by atoms with van der Waals surface area (Å²) >= 11 is 0. The number of anilines is 1. The van der Waals surface area contributed by atoms with Gasteiger partial charge in [-0.15, -0.1) is 0 Å². The molecular formula is C11H18N4O2S. The maximum absolute atomic E-state index is 12.2. The van der Waals surface area contributed by atoms with Crippen molar-refractivity contribution < 1.29 is 8.42 Å². The number of pyridine rings is 1. The minimum absolute atomic E-state index is 0.0115. The van der Waals surface area contributed by atoms with Gasteiger partial charge < -0.3 is 5.43 Å². The van der Waals surface area contributed by atoms with Crippen LogP contribution in [0.4, 0.5) is 5.69 Å². The molecular weight excluding hydrogens is 252 g/mol. The highest BCUT2D eigenvalue weighted by Gasteiger charge is 2.30. The van der Waals surface area contributed by atoms with Crippen LogP contribution in [0.5, 0.6) is 0 Å². The zero-order valence-electron chi connectivity index (χ0n) is 10.3. The van der Waals surface area contributed by atoms with Crippen molar-refractivity contribution >= 4 is 15.7 Å². The standard InChI is InChI=1S/C11H18N4O2S/c1-8-4-2-5-9(8)15-18(16,17)11-10(14-12)6-3-7-13-11/h3,6-9,14-15H,2,4-5,12H2,1H3. The normalized spacial score (nSPS) is 24.1. The number of hydrogen-bond acceptors (Lipinski definition) is 5. The highest BCUT2D eigenvalue weighted by molar-refractivity contribution is 7.89. The van der Waals surface area contributed by atoms with Crippen molar-refractivity contribution in [2.75, 3.05) is 5.43 Å². The van der Waals surface area contributed by atoms with Gasteiger partial charge >= 0.3 is 0 Å². The molecule has 1 heterocycles. The summed E-state index contributed by atoms with van der Waals surface area (Å²) in [5.74, 6) is 5.66. The zero-order valence-corrected chi connectivity index (χ0v) is 11.1. The number of nitrogens with two attached hydrogens (primary N) is 1. The highest BCUT2D eigenvalue weighted by Crippen LogP contribution is 2.27. The average Bonchev–Trinajstić information content (AvgIpc) is 2.74. The van der Waals surface area contributed by atoms with Crippen molar-refractivity contribution in [1.29, 1.82) is 0 Å². The van der Waals surface area contributed by atoms with E-state index in [2.05, 4.69) is 22.1 Å². The average molecular weight is 270 g/mol. The fraction of sp³-hybridized carbons (Fsp3) is 0.545. The van der Waals surface area contributed by atoms with Gasteiger partial charge in [-0.25, -0.2) is 18.1 Å². The molecule has 1 aliphatic rings. The summed E-state index contributed by atoms with van der Waals surface area (Å²) in [5, 5.41) is -0.0494. The van der Waals surface area contributed by atoms with Gasteiger partial charge in [-0.3, -0.25) is 5.84 Å². The maximum atomic E-state index is 12.2. The molecule has 1 fully saturated rings. The second-order valence-electron chi connectivity index (χ2n) is 4.64. The Morgan fingerprint density at radius 3 is 2.83 bits per heavy atom. The molecule has 100 valence electrons. The molecule has 2 unspecified atom stereocenters. The van der Waals surface area contributed by atoms with Gasteiger partial charge in [0.25, 0.3) is 10.0 Å². The third-order valence-electron chi connectivity index (χ3n) is 3.35. The van der Waals surface area contributed by atoms with Gasteiger partial charge in [-0.2, -0.15) is 0 Å². The maximum Gasteiger partial charge on any atom is 0.260 e. The van der Waals surface area contributed by atoms with E-state index in [9.17, 15) is 8.42 Å². The van der Waals surface area contributed by atoms with Gasteiger partial charge in [0.15, 0.2) is 5.03 Å². The topological polar surface area (TPSA) is 97.1 Å². The monoisotopic (exact) mass is 270 g/mol. The Balaban J connectivity index is 2.25. The molecule has 1 aromatic heterocycles. The summed E-state index contributed by atoms with van der Waals surface area (Å²) in [7, 11) is -3.62. The lowest BCUT2D eigenvalue weighted by Crippen LogP contribution is -2.37. The fourth-order valence-electron chi connectivity index (χ4n) is 2.29. The first kappa shape index (κ1) is 13.3. The molecule has 6 nitrogen and oxygen atoms in total. The van der Waals surface area contributed by atoms with E-state index in [0.717, 1.165) is 19.3 Å². The number of sulfonamides is 1. The molecule has 0 bridgehead atoms. The van der Waals surface area contributed by atoms with Crippen molar-refractivity contribution in [2.24, 2.45) is 11.8 Å². The first-order valence-corrected chi connectivity index (χ1v) is 7.47. The van der Waals surface area contributed by atoms with Crippen LogP contribution in [0.3, 0.4) is 0 Å². The minimum atomic E-state index is -3.62. The number of hydrazine groups is 1. The van der Waals surface area contributed by atoms with Crippen molar-refractivity contribution in [3.05, 3.63) is 18.3 Å². The van der Waals surface area contributed by atoms with Crippen LogP contribution in [0, 0.1) is 5.92 Å². The van der Waals surface area contributed by atoms with Crippen molar-refractivity contribution in [3.8, 4) is 0 Å². The van der Waals surface area contributed by atoms with Crippen LogP contribution in [0.2, 0.25) is 0 Å². The van der Waals surface area contributed by atoms with Crippen LogP contribution < -0.4 is 16.0 Å². The Hall–Kier alpha value is -1.18.